The van der Waals surface area contributed by atoms with E-state index in [-0.39, 0.29) is 17.8 Å². The molecule has 1 amide bonds. The summed E-state index contributed by atoms with van der Waals surface area (Å²) in [4.78, 5) is 18.5. The summed E-state index contributed by atoms with van der Waals surface area (Å²) in [5.41, 5.74) is 2.06. The fourth-order valence-electron chi connectivity index (χ4n) is 2.62. The predicted molar refractivity (Wildman–Crippen MR) is 88.4 cm³/mol. The van der Waals surface area contributed by atoms with Gasteiger partial charge in [0, 0.05) is 30.4 Å². The fourth-order valence-corrected chi connectivity index (χ4v) is 2.62. The summed E-state index contributed by atoms with van der Waals surface area (Å²) >= 11 is 0. The second kappa shape index (κ2) is 6.81. The molecule has 0 bridgehead atoms. The van der Waals surface area contributed by atoms with Crippen LogP contribution in [0.3, 0.4) is 0 Å². The van der Waals surface area contributed by atoms with Gasteiger partial charge in [-0.05, 0) is 50.5 Å². The van der Waals surface area contributed by atoms with Gasteiger partial charge in [0.25, 0.3) is 0 Å². The molecule has 23 heavy (non-hydrogen) atoms. The first-order chi connectivity index (χ1) is 11.2. The third-order valence-electron chi connectivity index (χ3n) is 4.21. The van der Waals surface area contributed by atoms with Crippen molar-refractivity contribution in [2.45, 2.75) is 39.2 Å². The Balaban J connectivity index is 1.71. The van der Waals surface area contributed by atoms with Crippen molar-refractivity contribution in [3.05, 3.63) is 30.2 Å². The first kappa shape index (κ1) is 15.5. The normalized spacial score (nSPS) is 15.7. The Morgan fingerprint density at radius 1 is 1.30 bits per heavy atom. The molecule has 122 valence electrons. The average Bonchev–Trinajstić information content (AvgIpc) is 3.26. The molecule has 0 radical (unpaired) electrons. The minimum absolute atomic E-state index is 0.00363. The fraction of sp³-hybridized carbons (Fsp3) is 0.471. The van der Waals surface area contributed by atoms with Gasteiger partial charge in [-0.1, -0.05) is 12.1 Å². The van der Waals surface area contributed by atoms with Crippen LogP contribution in [0, 0.1) is 0 Å². The Morgan fingerprint density at radius 2 is 2.00 bits per heavy atom. The highest BCUT2D eigenvalue weighted by atomic mass is 16.5. The van der Waals surface area contributed by atoms with Crippen LogP contribution in [0.4, 0.5) is 5.69 Å². The van der Waals surface area contributed by atoms with Gasteiger partial charge in [0.1, 0.15) is 0 Å². The van der Waals surface area contributed by atoms with Crippen LogP contribution < -0.4 is 10.2 Å². The topological polar surface area (TPSA) is 71.3 Å². The molecule has 3 rings (SSSR count). The largest absolute Gasteiger partial charge is 0.372 e. The Bertz CT molecular complexity index is 659. The predicted octanol–water partition coefficient (Wildman–Crippen LogP) is 2.87. The lowest BCUT2D eigenvalue weighted by atomic mass is 10.2. The van der Waals surface area contributed by atoms with E-state index in [9.17, 15) is 4.79 Å². The summed E-state index contributed by atoms with van der Waals surface area (Å²) in [6.07, 6.45) is 3.35. The Labute approximate surface area is 135 Å². The van der Waals surface area contributed by atoms with E-state index in [1.807, 2.05) is 26.0 Å². The Morgan fingerprint density at radius 3 is 2.65 bits per heavy atom. The molecule has 2 heterocycles. The van der Waals surface area contributed by atoms with Crippen LogP contribution in [-0.2, 0) is 0 Å². The molecule has 1 fully saturated rings. The molecule has 1 saturated heterocycles. The van der Waals surface area contributed by atoms with Gasteiger partial charge in [-0.3, -0.25) is 4.79 Å². The zero-order valence-electron chi connectivity index (χ0n) is 13.6. The van der Waals surface area contributed by atoms with Gasteiger partial charge >= 0.3 is 11.8 Å². The van der Waals surface area contributed by atoms with Crippen molar-refractivity contribution >= 4 is 11.6 Å². The van der Waals surface area contributed by atoms with E-state index in [0.717, 1.165) is 25.1 Å². The summed E-state index contributed by atoms with van der Waals surface area (Å²) < 4.78 is 5.07. The lowest BCUT2D eigenvalue weighted by Crippen LogP contribution is -2.32. The van der Waals surface area contributed by atoms with Gasteiger partial charge in [-0.25, -0.2) is 0 Å². The highest BCUT2D eigenvalue weighted by Crippen LogP contribution is 2.23. The molecular formula is C17H22N4O2. The molecular weight excluding hydrogens is 292 g/mol. The quantitative estimate of drug-likeness (QED) is 0.919. The van der Waals surface area contributed by atoms with Gasteiger partial charge in [0.05, 0.1) is 0 Å². The number of carbonyl (C=O) groups excluding carboxylic acids is 1. The second-order valence-electron chi connectivity index (χ2n) is 5.95. The van der Waals surface area contributed by atoms with E-state index in [1.54, 1.807) is 0 Å². The molecule has 0 unspecified atom stereocenters. The van der Waals surface area contributed by atoms with Crippen molar-refractivity contribution < 1.29 is 9.32 Å². The van der Waals surface area contributed by atoms with Gasteiger partial charge in [-0.15, -0.1) is 0 Å². The molecule has 1 aromatic carbocycles. The first-order valence-corrected chi connectivity index (χ1v) is 8.17. The molecule has 0 saturated carbocycles. The van der Waals surface area contributed by atoms with Crippen LogP contribution in [0.5, 0.6) is 0 Å². The highest BCUT2D eigenvalue weighted by molar-refractivity contribution is 5.90. The number of aromatic nitrogens is 2. The number of anilines is 1. The maximum Gasteiger partial charge on any atom is 0.316 e. The summed E-state index contributed by atoms with van der Waals surface area (Å²) in [5.74, 6) is 0.114. The van der Waals surface area contributed by atoms with Crippen molar-refractivity contribution in [1.82, 2.24) is 15.5 Å². The van der Waals surface area contributed by atoms with E-state index in [2.05, 4.69) is 32.5 Å². The molecule has 1 aliphatic rings. The van der Waals surface area contributed by atoms with Crippen molar-refractivity contribution in [3.63, 3.8) is 0 Å². The van der Waals surface area contributed by atoms with Gasteiger partial charge in [0.15, 0.2) is 0 Å². The van der Waals surface area contributed by atoms with Crippen molar-refractivity contribution in [1.29, 1.82) is 0 Å². The van der Waals surface area contributed by atoms with Gasteiger partial charge in [-0.2, -0.15) is 4.98 Å². The highest BCUT2D eigenvalue weighted by Gasteiger charge is 2.18. The van der Waals surface area contributed by atoms with Crippen LogP contribution in [0.2, 0.25) is 0 Å². The van der Waals surface area contributed by atoms with Crippen molar-refractivity contribution in [3.8, 4) is 11.4 Å². The van der Waals surface area contributed by atoms with E-state index in [0.29, 0.717) is 5.82 Å². The van der Waals surface area contributed by atoms with Crippen molar-refractivity contribution in [2.75, 3.05) is 18.0 Å². The zero-order valence-corrected chi connectivity index (χ0v) is 13.6. The molecule has 0 aliphatic carbocycles. The Kier molecular flexibility index (Phi) is 4.60. The van der Waals surface area contributed by atoms with Crippen LogP contribution in [0.15, 0.2) is 28.8 Å². The molecule has 6 heteroatoms. The lowest BCUT2D eigenvalue weighted by Gasteiger charge is -2.17. The average molecular weight is 314 g/mol. The van der Waals surface area contributed by atoms with Crippen LogP contribution in [-0.4, -0.2) is 35.2 Å². The summed E-state index contributed by atoms with van der Waals surface area (Å²) in [6, 6.07) is 8.15. The van der Waals surface area contributed by atoms with E-state index >= 15 is 0 Å². The number of nitrogens with one attached hydrogen (secondary N) is 1. The third kappa shape index (κ3) is 3.52. The van der Waals surface area contributed by atoms with Gasteiger partial charge in [0.2, 0.25) is 5.82 Å². The minimum atomic E-state index is -0.327. The Hall–Kier alpha value is -2.37. The third-order valence-corrected chi connectivity index (χ3v) is 4.21. The number of rotatable bonds is 5. The molecule has 6 nitrogen and oxygen atoms in total. The van der Waals surface area contributed by atoms with Crippen LogP contribution >= 0.6 is 0 Å². The van der Waals surface area contributed by atoms with Crippen LogP contribution in [0.1, 0.15) is 43.8 Å². The van der Waals surface area contributed by atoms with Gasteiger partial charge < -0.3 is 14.7 Å². The molecule has 1 atom stereocenters. The molecule has 1 aliphatic heterocycles. The van der Waals surface area contributed by atoms with E-state index < -0.39 is 0 Å². The number of hydrogen-bond acceptors (Lipinski definition) is 5. The summed E-state index contributed by atoms with van der Waals surface area (Å²) in [6.45, 7) is 6.17. The number of carbonyl (C=O) groups is 1. The SMILES string of the molecule is CC[C@H](C)NC(=O)c1nc(-c2ccc(N3CCCC3)cc2)no1. The van der Waals surface area contributed by atoms with Crippen molar-refractivity contribution in [2.24, 2.45) is 0 Å². The summed E-state index contributed by atoms with van der Waals surface area (Å²) in [7, 11) is 0. The molecule has 2 aromatic rings. The zero-order chi connectivity index (χ0) is 16.2. The standard InChI is InChI=1S/C17H22N4O2/c1-3-12(2)18-16(22)17-19-15(20-23-17)13-6-8-14(9-7-13)21-10-4-5-11-21/h6-9,12H,3-5,10-11H2,1-2H3,(H,18,22)/t12-/m0/s1. The lowest BCUT2D eigenvalue weighted by molar-refractivity contribution is 0.0895. The van der Waals surface area contributed by atoms with E-state index in [4.69, 9.17) is 4.52 Å². The maximum absolute atomic E-state index is 12.0. The van der Waals surface area contributed by atoms with E-state index in [1.165, 1.54) is 18.5 Å². The number of hydrogen-bond donors (Lipinski definition) is 1. The molecule has 1 N–H and O–H groups in total. The molecule has 0 spiro atoms. The minimum Gasteiger partial charge on any atom is -0.372 e. The number of nitrogens with zero attached hydrogens (tertiary/aromatic N) is 3. The molecule has 1 aromatic heterocycles. The number of amides is 1. The maximum atomic E-state index is 12.0. The summed E-state index contributed by atoms with van der Waals surface area (Å²) in [5, 5.41) is 6.72. The smallest absolute Gasteiger partial charge is 0.316 e. The van der Waals surface area contributed by atoms with Crippen LogP contribution in [0.25, 0.3) is 11.4 Å². The monoisotopic (exact) mass is 314 g/mol. The number of benzene rings is 1. The second-order valence-corrected chi connectivity index (χ2v) is 5.95. The first-order valence-electron chi connectivity index (χ1n) is 8.17.